The third kappa shape index (κ3) is 6.76. The Bertz CT molecular complexity index is 474. The molecule has 0 aliphatic heterocycles. The smallest absolute Gasteiger partial charge is 0.341 e. The molecular weight excluding hydrogens is 336 g/mol. The summed E-state index contributed by atoms with van der Waals surface area (Å²) in [5, 5.41) is 0. The Kier molecular flexibility index (Phi) is 10.2. The lowest BCUT2D eigenvalue weighted by Crippen LogP contribution is -2.27. The maximum absolute atomic E-state index is 13.0. The number of hydrogen-bond acceptors (Lipinski definition) is 3. The highest BCUT2D eigenvalue weighted by Crippen LogP contribution is 2.41. The lowest BCUT2D eigenvalue weighted by molar-refractivity contribution is -0.140. The largest absolute Gasteiger partial charge is 0.462 e. The molecule has 0 aromatic rings. The normalized spacial score (nSPS) is 18.9. The summed E-state index contributed by atoms with van der Waals surface area (Å²) in [5.74, 6) is 0.504. The molecule has 0 unspecified atom stereocenters. The Morgan fingerprint density at radius 3 is 1.81 bits per heavy atom. The second kappa shape index (κ2) is 12.4. The van der Waals surface area contributed by atoms with Crippen molar-refractivity contribution in [1.82, 2.24) is 0 Å². The number of hydrogen-bond donors (Lipinski definition) is 0. The number of carbonyl (C=O) groups excluding carboxylic acids is 2. The first-order valence-corrected chi connectivity index (χ1v) is 11.6. The van der Waals surface area contributed by atoms with Gasteiger partial charge in [-0.2, -0.15) is 0 Å². The summed E-state index contributed by atoms with van der Waals surface area (Å²) in [5.41, 5.74) is 1.64. The number of unbranched alkanes of at least 4 members (excludes halogenated alkanes) is 3. The zero-order chi connectivity index (χ0) is 19.5. The van der Waals surface area contributed by atoms with Crippen LogP contribution < -0.4 is 0 Å². The van der Waals surface area contributed by atoms with Gasteiger partial charge in [-0.3, -0.25) is 4.79 Å². The van der Waals surface area contributed by atoms with Crippen molar-refractivity contribution in [2.45, 2.75) is 110 Å². The minimum Gasteiger partial charge on any atom is -0.462 e. The van der Waals surface area contributed by atoms with Crippen molar-refractivity contribution in [3.63, 3.8) is 0 Å². The summed E-state index contributed by atoms with van der Waals surface area (Å²) in [6, 6.07) is 0. The first-order chi connectivity index (χ1) is 13.2. The van der Waals surface area contributed by atoms with E-state index in [0.717, 1.165) is 38.5 Å². The van der Waals surface area contributed by atoms with E-state index in [-0.39, 0.29) is 11.8 Å². The van der Waals surface area contributed by atoms with Gasteiger partial charge in [0.25, 0.3) is 0 Å². The molecule has 154 valence electrons. The van der Waals surface area contributed by atoms with Crippen LogP contribution in [0.2, 0.25) is 0 Å². The van der Waals surface area contributed by atoms with Crippen LogP contribution in [0.4, 0.5) is 0 Å². The summed E-state index contributed by atoms with van der Waals surface area (Å²) in [6.07, 6.45) is 16.7. The average molecular weight is 377 g/mol. The summed E-state index contributed by atoms with van der Waals surface area (Å²) in [7, 11) is 0. The molecule has 0 aromatic heterocycles. The Morgan fingerprint density at radius 1 is 0.778 bits per heavy atom. The Labute approximate surface area is 166 Å². The van der Waals surface area contributed by atoms with Crippen LogP contribution in [0, 0.1) is 11.8 Å². The van der Waals surface area contributed by atoms with Crippen LogP contribution in [0.15, 0.2) is 11.1 Å². The topological polar surface area (TPSA) is 43.4 Å². The molecule has 2 rings (SSSR count). The third-order valence-electron chi connectivity index (χ3n) is 6.41. The molecular formula is C24H40O3. The number of ketones is 1. The van der Waals surface area contributed by atoms with Crippen molar-refractivity contribution < 1.29 is 14.3 Å². The lowest BCUT2D eigenvalue weighted by atomic mass is 9.71. The summed E-state index contributed by atoms with van der Waals surface area (Å²) in [6.45, 7) is 4.49. The predicted octanol–water partition coefficient (Wildman–Crippen LogP) is 6.55. The maximum atomic E-state index is 13.0. The Hall–Kier alpha value is -1.12. The maximum Gasteiger partial charge on any atom is 0.341 e. The van der Waals surface area contributed by atoms with Gasteiger partial charge >= 0.3 is 5.97 Å². The molecule has 2 fully saturated rings. The molecule has 2 aliphatic carbocycles. The van der Waals surface area contributed by atoms with Crippen LogP contribution in [0.5, 0.6) is 0 Å². The Balaban J connectivity index is 2.23. The van der Waals surface area contributed by atoms with E-state index in [2.05, 4.69) is 6.92 Å². The first-order valence-electron chi connectivity index (χ1n) is 11.6. The van der Waals surface area contributed by atoms with E-state index in [1.165, 1.54) is 56.9 Å². The van der Waals surface area contributed by atoms with Gasteiger partial charge in [-0.15, -0.1) is 0 Å². The van der Waals surface area contributed by atoms with Gasteiger partial charge in [0, 0.05) is 6.42 Å². The van der Waals surface area contributed by atoms with Gasteiger partial charge in [-0.1, -0.05) is 71.6 Å². The molecule has 0 saturated heterocycles. The molecule has 2 aliphatic rings. The average Bonchev–Trinajstić information content (AvgIpc) is 2.72. The van der Waals surface area contributed by atoms with Gasteiger partial charge in [0.1, 0.15) is 5.57 Å². The van der Waals surface area contributed by atoms with Gasteiger partial charge in [-0.25, -0.2) is 4.79 Å². The molecule has 0 aromatic carbocycles. The van der Waals surface area contributed by atoms with Crippen molar-refractivity contribution in [2.75, 3.05) is 6.61 Å². The van der Waals surface area contributed by atoms with Crippen LogP contribution in [0.3, 0.4) is 0 Å². The van der Waals surface area contributed by atoms with Crippen LogP contribution in [0.1, 0.15) is 110 Å². The van der Waals surface area contributed by atoms with E-state index < -0.39 is 0 Å². The lowest BCUT2D eigenvalue weighted by Gasteiger charge is -2.34. The van der Waals surface area contributed by atoms with Gasteiger partial charge in [-0.05, 0) is 49.5 Å². The van der Waals surface area contributed by atoms with Crippen molar-refractivity contribution in [3.05, 3.63) is 11.1 Å². The highest BCUT2D eigenvalue weighted by molar-refractivity contribution is 6.18. The zero-order valence-corrected chi connectivity index (χ0v) is 17.7. The Morgan fingerprint density at radius 2 is 1.33 bits per heavy atom. The number of carbonyl (C=O) groups is 2. The van der Waals surface area contributed by atoms with Crippen molar-refractivity contribution in [1.29, 1.82) is 0 Å². The fourth-order valence-corrected chi connectivity index (χ4v) is 4.90. The highest BCUT2D eigenvalue weighted by atomic mass is 16.5. The number of ether oxygens (including phenoxy) is 1. The number of rotatable bonds is 10. The molecule has 0 spiro atoms. The SMILES string of the molecule is CCCCCCOC(=O)C(C(=O)CC)=C(C1CCCCC1)C1CCCCC1. The minimum absolute atomic E-state index is 0.000273. The van der Waals surface area contributed by atoms with Crippen molar-refractivity contribution in [2.24, 2.45) is 11.8 Å². The second-order valence-electron chi connectivity index (χ2n) is 8.47. The molecule has 2 saturated carbocycles. The monoisotopic (exact) mass is 376 g/mol. The molecule has 0 N–H and O–H groups in total. The summed E-state index contributed by atoms with van der Waals surface area (Å²) >= 11 is 0. The second-order valence-corrected chi connectivity index (χ2v) is 8.47. The van der Waals surface area contributed by atoms with E-state index in [4.69, 9.17) is 4.74 Å². The summed E-state index contributed by atoms with van der Waals surface area (Å²) in [4.78, 5) is 25.9. The molecule has 3 heteroatoms. The third-order valence-corrected chi connectivity index (χ3v) is 6.41. The van der Waals surface area contributed by atoms with E-state index >= 15 is 0 Å². The fourth-order valence-electron chi connectivity index (χ4n) is 4.90. The minimum atomic E-state index is -0.329. The van der Waals surface area contributed by atoms with Crippen LogP contribution in [-0.4, -0.2) is 18.4 Å². The zero-order valence-electron chi connectivity index (χ0n) is 17.7. The van der Waals surface area contributed by atoms with Crippen LogP contribution >= 0.6 is 0 Å². The molecule has 0 bridgehead atoms. The van der Waals surface area contributed by atoms with Gasteiger partial charge < -0.3 is 4.74 Å². The number of allylic oxidation sites excluding steroid dienone is 1. The van der Waals surface area contributed by atoms with Crippen LogP contribution in [0.25, 0.3) is 0 Å². The summed E-state index contributed by atoms with van der Waals surface area (Å²) < 4.78 is 5.62. The van der Waals surface area contributed by atoms with E-state index in [9.17, 15) is 9.59 Å². The van der Waals surface area contributed by atoms with Crippen LogP contribution in [-0.2, 0) is 14.3 Å². The van der Waals surface area contributed by atoms with E-state index in [1.54, 1.807) is 0 Å². The van der Waals surface area contributed by atoms with Crippen molar-refractivity contribution in [3.8, 4) is 0 Å². The van der Waals surface area contributed by atoms with E-state index in [1.807, 2.05) is 6.92 Å². The number of esters is 1. The predicted molar refractivity (Wildman–Crippen MR) is 111 cm³/mol. The standard InChI is InChI=1S/C24H40O3/c1-3-5-6-13-18-27-24(26)23(21(25)4-2)22(19-14-9-7-10-15-19)20-16-11-8-12-17-20/h19-20H,3-18H2,1-2H3. The molecule has 0 amide bonds. The van der Waals surface area contributed by atoms with Gasteiger partial charge in [0.2, 0.25) is 0 Å². The molecule has 27 heavy (non-hydrogen) atoms. The first kappa shape index (κ1) is 22.2. The van der Waals surface area contributed by atoms with Crippen molar-refractivity contribution >= 4 is 11.8 Å². The fraction of sp³-hybridized carbons (Fsp3) is 0.833. The van der Waals surface area contributed by atoms with E-state index in [0.29, 0.717) is 30.4 Å². The molecule has 3 nitrogen and oxygen atoms in total. The quantitative estimate of drug-likeness (QED) is 0.143. The van der Waals surface area contributed by atoms with Gasteiger partial charge in [0.15, 0.2) is 5.78 Å². The van der Waals surface area contributed by atoms with Gasteiger partial charge in [0.05, 0.1) is 6.61 Å². The molecule has 0 radical (unpaired) electrons. The highest BCUT2D eigenvalue weighted by Gasteiger charge is 2.33. The molecule has 0 atom stereocenters. The molecule has 0 heterocycles. The number of Topliss-reactive ketones (excluding diaryl/α,β-unsaturated/α-hetero) is 1.